The molecular weight excluding hydrogens is 152 g/mol. The Morgan fingerprint density at radius 1 is 1.58 bits per heavy atom. The monoisotopic (exact) mass is 166 g/mol. The lowest BCUT2D eigenvalue weighted by Gasteiger charge is -2.06. The van der Waals surface area contributed by atoms with Crippen molar-refractivity contribution in [1.82, 2.24) is 4.98 Å². The second-order valence-electron chi connectivity index (χ2n) is 2.60. The van der Waals surface area contributed by atoms with Gasteiger partial charge >= 0.3 is 0 Å². The summed E-state index contributed by atoms with van der Waals surface area (Å²) in [4.78, 5) is 4.14. The summed E-state index contributed by atoms with van der Waals surface area (Å²) in [6.45, 7) is 5.09. The fourth-order valence-electron chi connectivity index (χ4n) is 1.02. The summed E-state index contributed by atoms with van der Waals surface area (Å²) in [6.07, 6.45) is 1.75. The Bertz CT molecular complexity index is 261. The molecule has 12 heavy (non-hydrogen) atoms. The van der Waals surface area contributed by atoms with E-state index in [4.69, 9.17) is 10.5 Å². The van der Waals surface area contributed by atoms with Gasteiger partial charge in [-0.05, 0) is 25.5 Å². The molecule has 1 aromatic rings. The van der Waals surface area contributed by atoms with Crippen molar-refractivity contribution in [2.75, 3.05) is 6.61 Å². The fraction of sp³-hybridized carbons (Fsp3) is 0.444. The maximum atomic E-state index is 5.46. The number of nitrogens with zero attached hydrogens (tertiary/aromatic N) is 1. The number of aryl methyl sites for hydroxylation is 1. The molecule has 1 aromatic heterocycles. The van der Waals surface area contributed by atoms with E-state index in [0.717, 1.165) is 11.1 Å². The Morgan fingerprint density at radius 2 is 2.33 bits per heavy atom. The molecular formula is C9H14N2O. The third-order valence-electron chi connectivity index (χ3n) is 1.60. The lowest BCUT2D eigenvalue weighted by molar-refractivity contribution is 0.324. The first-order valence-corrected chi connectivity index (χ1v) is 4.06. The molecule has 1 rings (SSSR count). The van der Waals surface area contributed by atoms with Crippen LogP contribution in [0.3, 0.4) is 0 Å². The first-order valence-electron chi connectivity index (χ1n) is 4.06. The van der Waals surface area contributed by atoms with Crippen LogP contribution in [0.15, 0.2) is 12.3 Å². The van der Waals surface area contributed by atoms with Crippen molar-refractivity contribution >= 4 is 0 Å². The van der Waals surface area contributed by atoms with Crippen LogP contribution in [0.1, 0.15) is 18.1 Å². The van der Waals surface area contributed by atoms with Crippen LogP contribution in [0.25, 0.3) is 0 Å². The predicted molar refractivity (Wildman–Crippen MR) is 48.0 cm³/mol. The van der Waals surface area contributed by atoms with Crippen LogP contribution >= 0.6 is 0 Å². The first-order chi connectivity index (χ1) is 5.77. The number of hydrogen-bond donors (Lipinski definition) is 1. The molecule has 0 saturated carbocycles. The highest BCUT2D eigenvalue weighted by Crippen LogP contribution is 2.14. The zero-order valence-electron chi connectivity index (χ0n) is 7.50. The van der Waals surface area contributed by atoms with Gasteiger partial charge in [0.25, 0.3) is 0 Å². The highest BCUT2D eigenvalue weighted by Gasteiger charge is 2.00. The minimum Gasteiger partial charge on any atom is -0.478 e. The Labute approximate surface area is 72.6 Å². The number of ether oxygens (including phenoxy) is 1. The first kappa shape index (κ1) is 9.00. The molecule has 0 saturated heterocycles. The third-order valence-corrected chi connectivity index (χ3v) is 1.60. The molecule has 0 aliphatic heterocycles. The minimum absolute atomic E-state index is 0.528. The molecule has 0 spiro atoms. The van der Waals surface area contributed by atoms with Gasteiger partial charge in [-0.2, -0.15) is 0 Å². The molecule has 3 heteroatoms. The van der Waals surface area contributed by atoms with Gasteiger partial charge in [-0.1, -0.05) is 0 Å². The van der Waals surface area contributed by atoms with E-state index >= 15 is 0 Å². The second kappa shape index (κ2) is 4.07. The van der Waals surface area contributed by atoms with Gasteiger partial charge in [0.05, 0.1) is 6.61 Å². The Hall–Kier alpha value is -1.09. The molecule has 0 amide bonds. The van der Waals surface area contributed by atoms with Crippen molar-refractivity contribution in [2.24, 2.45) is 5.73 Å². The maximum Gasteiger partial charge on any atom is 0.216 e. The zero-order chi connectivity index (χ0) is 8.97. The van der Waals surface area contributed by atoms with Crippen molar-refractivity contribution in [3.63, 3.8) is 0 Å². The maximum absolute atomic E-state index is 5.46. The number of rotatable bonds is 3. The number of aromatic nitrogens is 1. The third kappa shape index (κ3) is 1.95. The van der Waals surface area contributed by atoms with Crippen molar-refractivity contribution in [3.05, 3.63) is 23.4 Å². The van der Waals surface area contributed by atoms with Gasteiger partial charge in [-0.3, -0.25) is 0 Å². The predicted octanol–water partition coefficient (Wildman–Crippen LogP) is 1.25. The molecule has 66 valence electrons. The average Bonchev–Trinajstić information content (AvgIpc) is 2.09. The molecule has 0 bridgehead atoms. The van der Waals surface area contributed by atoms with Gasteiger partial charge in [0.15, 0.2) is 0 Å². The van der Waals surface area contributed by atoms with Gasteiger partial charge in [0.2, 0.25) is 5.88 Å². The molecule has 3 nitrogen and oxygen atoms in total. The van der Waals surface area contributed by atoms with Crippen molar-refractivity contribution in [1.29, 1.82) is 0 Å². The summed E-state index contributed by atoms with van der Waals surface area (Å²) in [5, 5.41) is 0. The molecule has 0 radical (unpaired) electrons. The van der Waals surface area contributed by atoms with Crippen molar-refractivity contribution in [3.8, 4) is 5.88 Å². The largest absolute Gasteiger partial charge is 0.478 e. The number of nitrogens with two attached hydrogens (primary N) is 1. The van der Waals surface area contributed by atoms with Crippen LogP contribution in [0.5, 0.6) is 5.88 Å². The van der Waals surface area contributed by atoms with E-state index in [-0.39, 0.29) is 0 Å². The highest BCUT2D eigenvalue weighted by molar-refractivity contribution is 5.28. The number of pyridine rings is 1. The molecule has 0 unspecified atom stereocenters. The summed E-state index contributed by atoms with van der Waals surface area (Å²) in [6, 6.07) is 2.00. The minimum atomic E-state index is 0.528. The summed E-state index contributed by atoms with van der Waals surface area (Å²) in [5.74, 6) is 0.703. The molecule has 0 fully saturated rings. The van der Waals surface area contributed by atoms with Crippen LogP contribution in [0.4, 0.5) is 0 Å². The van der Waals surface area contributed by atoms with E-state index in [0.29, 0.717) is 19.0 Å². The van der Waals surface area contributed by atoms with E-state index in [9.17, 15) is 0 Å². The van der Waals surface area contributed by atoms with Crippen LogP contribution in [0.2, 0.25) is 0 Å². The van der Waals surface area contributed by atoms with Crippen molar-refractivity contribution < 1.29 is 4.74 Å². The normalized spacial score (nSPS) is 9.92. The van der Waals surface area contributed by atoms with Gasteiger partial charge in [-0.25, -0.2) is 4.98 Å². The summed E-state index contributed by atoms with van der Waals surface area (Å²) in [5.41, 5.74) is 7.54. The molecule has 1 heterocycles. The molecule has 2 N–H and O–H groups in total. The molecule has 0 aliphatic carbocycles. The SMILES string of the molecule is CCOc1ncc(CN)cc1C. The average molecular weight is 166 g/mol. The van der Waals surface area contributed by atoms with E-state index in [1.54, 1.807) is 6.20 Å². The van der Waals surface area contributed by atoms with E-state index in [2.05, 4.69) is 4.98 Å². The molecule has 0 aliphatic rings. The standard InChI is InChI=1S/C9H14N2O/c1-3-12-9-7(2)4-8(5-10)6-11-9/h4,6H,3,5,10H2,1-2H3. The highest BCUT2D eigenvalue weighted by atomic mass is 16.5. The fourth-order valence-corrected chi connectivity index (χ4v) is 1.02. The summed E-state index contributed by atoms with van der Waals surface area (Å²) in [7, 11) is 0. The van der Waals surface area contributed by atoms with Gasteiger partial charge in [0.1, 0.15) is 0 Å². The Kier molecular flexibility index (Phi) is 3.05. The van der Waals surface area contributed by atoms with Crippen LogP contribution < -0.4 is 10.5 Å². The lowest BCUT2D eigenvalue weighted by Crippen LogP contribution is -2.01. The van der Waals surface area contributed by atoms with Crippen LogP contribution in [0, 0.1) is 6.92 Å². The zero-order valence-corrected chi connectivity index (χ0v) is 7.50. The topological polar surface area (TPSA) is 48.1 Å². The lowest BCUT2D eigenvalue weighted by atomic mass is 10.2. The van der Waals surface area contributed by atoms with E-state index in [1.807, 2.05) is 19.9 Å². The smallest absolute Gasteiger partial charge is 0.216 e. The van der Waals surface area contributed by atoms with Gasteiger partial charge in [-0.15, -0.1) is 0 Å². The van der Waals surface area contributed by atoms with Crippen LogP contribution in [-0.2, 0) is 6.54 Å². The molecule has 0 aromatic carbocycles. The summed E-state index contributed by atoms with van der Waals surface area (Å²) < 4.78 is 5.28. The second-order valence-corrected chi connectivity index (χ2v) is 2.60. The van der Waals surface area contributed by atoms with E-state index in [1.165, 1.54) is 0 Å². The molecule has 0 atom stereocenters. The van der Waals surface area contributed by atoms with Gasteiger partial charge in [0, 0.05) is 18.3 Å². The quantitative estimate of drug-likeness (QED) is 0.735. The van der Waals surface area contributed by atoms with Crippen LogP contribution in [-0.4, -0.2) is 11.6 Å². The Morgan fingerprint density at radius 3 is 2.83 bits per heavy atom. The Balaban J connectivity index is 2.87. The van der Waals surface area contributed by atoms with E-state index < -0.39 is 0 Å². The summed E-state index contributed by atoms with van der Waals surface area (Å²) >= 11 is 0. The number of hydrogen-bond acceptors (Lipinski definition) is 3. The van der Waals surface area contributed by atoms with Crippen molar-refractivity contribution in [2.45, 2.75) is 20.4 Å². The van der Waals surface area contributed by atoms with Gasteiger partial charge < -0.3 is 10.5 Å².